The Balaban J connectivity index is 2.30. The molecule has 0 amide bonds. The van der Waals surface area contributed by atoms with Crippen LogP contribution in [0.1, 0.15) is 24.1 Å². The Morgan fingerprint density at radius 1 is 1.26 bits per heavy atom. The van der Waals surface area contributed by atoms with Gasteiger partial charge in [-0.25, -0.2) is 0 Å². The number of rotatable bonds is 6. The lowest BCUT2D eigenvalue weighted by atomic mass is 10.00. The van der Waals surface area contributed by atoms with Crippen LogP contribution in [-0.4, -0.2) is 23.8 Å². The zero-order valence-electron chi connectivity index (χ0n) is 12.8. The maximum atomic E-state index is 11.7. The molecule has 2 rings (SSSR count). The van der Waals surface area contributed by atoms with Crippen LogP contribution in [0.3, 0.4) is 0 Å². The molecule has 0 fully saturated rings. The van der Waals surface area contributed by atoms with Crippen molar-refractivity contribution in [3.8, 4) is 6.07 Å². The van der Waals surface area contributed by atoms with Gasteiger partial charge in [0.05, 0.1) is 18.7 Å². The third-order valence-electron chi connectivity index (χ3n) is 3.20. The zero-order valence-corrected chi connectivity index (χ0v) is 12.8. The summed E-state index contributed by atoms with van der Waals surface area (Å²) >= 11 is 0. The molecule has 0 saturated heterocycles. The zero-order chi connectivity index (χ0) is 16.5. The molecule has 5 nitrogen and oxygen atoms in total. The molecule has 0 aliphatic heterocycles. The Labute approximate surface area is 135 Å². The van der Waals surface area contributed by atoms with Crippen LogP contribution < -0.4 is 0 Å². The lowest BCUT2D eigenvalue weighted by molar-refractivity contribution is -0.143. The van der Waals surface area contributed by atoms with E-state index in [9.17, 15) is 4.79 Å². The minimum Gasteiger partial charge on any atom is -0.465 e. The molecular weight excluding hydrogens is 290 g/mol. The second kappa shape index (κ2) is 8.44. The summed E-state index contributed by atoms with van der Waals surface area (Å²) in [6.45, 7) is 1.94. The summed E-state index contributed by atoms with van der Waals surface area (Å²) in [5.74, 6) is -1.59. The van der Waals surface area contributed by atoms with Gasteiger partial charge in [0.15, 0.2) is 5.92 Å². The van der Waals surface area contributed by atoms with Crippen molar-refractivity contribution >= 4 is 12.2 Å². The van der Waals surface area contributed by atoms with Gasteiger partial charge >= 0.3 is 5.97 Å². The third-order valence-corrected chi connectivity index (χ3v) is 3.20. The van der Waals surface area contributed by atoms with Crippen molar-refractivity contribution in [3.63, 3.8) is 0 Å². The maximum Gasteiger partial charge on any atom is 0.328 e. The third kappa shape index (κ3) is 4.48. The average molecular weight is 307 g/mol. The smallest absolute Gasteiger partial charge is 0.328 e. The van der Waals surface area contributed by atoms with Gasteiger partial charge in [-0.2, -0.15) is 5.26 Å². The van der Waals surface area contributed by atoms with Crippen LogP contribution in [0.4, 0.5) is 0 Å². The first-order valence-corrected chi connectivity index (χ1v) is 7.30. The van der Waals surface area contributed by atoms with Gasteiger partial charge in [0, 0.05) is 18.6 Å². The molecule has 116 valence electrons. The van der Waals surface area contributed by atoms with Crippen LogP contribution in [-0.2, 0) is 9.53 Å². The minimum absolute atomic E-state index is 0.233. The summed E-state index contributed by atoms with van der Waals surface area (Å²) in [5.41, 5.74) is 1.90. The van der Waals surface area contributed by atoms with Crippen molar-refractivity contribution in [1.29, 1.82) is 5.26 Å². The fourth-order valence-electron chi connectivity index (χ4n) is 2.10. The van der Waals surface area contributed by atoms with Crippen molar-refractivity contribution in [3.05, 3.63) is 66.0 Å². The van der Waals surface area contributed by atoms with Crippen molar-refractivity contribution in [2.45, 2.75) is 13.0 Å². The van der Waals surface area contributed by atoms with Crippen LogP contribution in [0.2, 0.25) is 0 Å². The van der Waals surface area contributed by atoms with Crippen LogP contribution in [0, 0.1) is 17.2 Å². The van der Waals surface area contributed by atoms with Crippen LogP contribution >= 0.6 is 0 Å². The van der Waals surface area contributed by atoms with Gasteiger partial charge in [-0.3, -0.25) is 14.8 Å². The molecule has 1 aromatic heterocycles. The second-order valence-corrected chi connectivity index (χ2v) is 4.75. The highest BCUT2D eigenvalue weighted by Crippen LogP contribution is 2.25. The highest BCUT2D eigenvalue weighted by atomic mass is 16.5. The molecule has 0 radical (unpaired) electrons. The van der Waals surface area contributed by atoms with Gasteiger partial charge < -0.3 is 4.74 Å². The van der Waals surface area contributed by atoms with Gasteiger partial charge in [-0.05, 0) is 30.2 Å². The number of pyridine rings is 1. The van der Waals surface area contributed by atoms with E-state index in [4.69, 9.17) is 10.00 Å². The number of nitrogens with zero attached hydrogens (tertiary/aromatic N) is 3. The van der Waals surface area contributed by atoms with E-state index in [0.29, 0.717) is 0 Å². The molecule has 1 heterocycles. The van der Waals surface area contributed by atoms with E-state index >= 15 is 0 Å². The van der Waals surface area contributed by atoms with E-state index in [0.717, 1.165) is 11.1 Å². The van der Waals surface area contributed by atoms with Gasteiger partial charge in [0.1, 0.15) is 0 Å². The molecule has 0 N–H and O–H groups in total. The number of nitriles is 1. The number of carbonyl (C=O) groups excluding carboxylic acids is 1. The van der Waals surface area contributed by atoms with Crippen molar-refractivity contribution in [2.75, 3.05) is 6.61 Å². The number of hydrogen-bond acceptors (Lipinski definition) is 5. The number of esters is 1. The first-order chi connectivity index (χ1) is 11.3. The first-order valence-electron chi connectivity index (χ1n) is 7.30. The molecule has 2 aromatic rings. The summed E-state index contributed by atoms with van der Waals surface area (Å²) in [6.07, 6.45) is 4.73. The Kier molecular flexibility index (Phi) is 6.01. The molecule has 0 saturated carbocycles. The summed E-state index contributed by atoms with van der Waals surface area (Å²) < 4.78 is 4.88. The molecule has 0 aliphatic rings. The lowest BCUT2D eigenvalue weighted by Crippen LogP contribution is -2.18. The molecular formula is C18H17N3O2. The average Bonchev–Trinajstić information content (AvgIpc) is 2.60. The van der Waals surface area contributed by atoms with Crippen molar-refractivity contribution in [1.82, 2.24) is 4.98 Å². The largest absolute Gasteiger partial charge is 0.465 e. The fourth-order valence-corrected chi connectivity index (χ4v) is 2.10. The predicted molar refractivity (Wildman–Crippen MR) is 86.8 cm³/mol. The molecule has 2 atom stereocenters. The van der Waals surface area contributed by atoms with E-state index in [1.165, 1.54) is 6.21 Å². The predicted octanol–water partition coefficient (Wildman–Crippen LogP) is 2.94. The van der Waals surface area contributed by atoms with Gasteiger partial charge in [-0.15, -0.1) is 0 Å². The normalized spacial score (nSPS) is 13.2. The standard InChI is InChI=1S/C18H17N3O2/c1-2-23-18(22)16(12-19)13-21-17(14-6-4-3-5-7-14)15-8-10-20-11-9-15/h3-11,13,16-17H,2H2,1H3/t16-,17+/m0/s1. The number of aliphatic imine (C=N–C) groups is 1. The van der Waals surface area contributed by atoms with E-state index in [1.807, 2.05) is 48.5 Å². The highest BCUT2D eigenvalue weighted by molar-refractivity contribution is 5.93. The van der Waals surface area contributed by atoms with Crippen LogP contribution in [0.5, 0.6) is 0 Å². The number of aromatic nitrogens is 1. The molecule has 0 unspecified atom stereocenters. The topological polar surface area (TPSA) is 75.3 Å². The quantitative estimate of drug-likeness (QED) is 0.607. The molecule has 0 bridgehead atoms. The highest BCUT2D eigenvalue weighted by Gasteiger charge is 2.18. The van der Waals surface area contributed by atoms with Gasteiger partial charge in [-0.1, -0.05) is 30.3 Å². The second-order valence-electron chi connectivity index (χ2n) is 4.75. The molecule has 0 spiro atoms. The Bertz CT molecular complexity index is 654. The molecule has 0 aliphatic carbocycles. The van der Waals surface area contributed by atoms with Crippen molar-refractivity contribution < 1.29 is 9.53 Å². The molecule has 1 aromatic carbocycles. The Morgan fingerprint density at radius 3 is 2.52 bits per heavy atom. The van der Waals surface area contributed by atoms with Crippen LogP contribution in [0.15, 0.2) is 59.9 Å². The lowest BCUT2D eigenvalue weighted by Gasteiger charge is -2.13. The summed E-state index contributed by atoms with van der Waals surface area (Å²) in [4.78, 5) is 20.2. The molecule has 5 heteroatoms. The number of ether oxygens (including phenoxy) is 1. The monoisotopic (exact) mass is 307 g/mol. The maximum absolute atomic E-state index is 11.7. The fraction of sp³-hybridized carbons (Fsp3) is 0.222. The molecule has 23 heavy (non-hydrogen) atoms. The van der Waals surface area contributed by atoms with E-state index in [1.54, 1.807) is 19.3 Å². The van der Waals surface area contributed by atoms with Crippen molar-refractivity contribution in [2.24, 2.45) is 10.9 Å². The van der Waals surface area contributed by atoms with Gasteiger partial charge in [0.25, 0.3) is 0 Å². The number of hydrogen-bond donors (Lipinski definition) is 0. The van der Waals surface area contributed by atoms with E-state index in [2.05, 4.69) is 9.98 Å². The summed E-state index contributed by atoms with van der Waals surface area (Å²) in [5, 5.41) is 9.13. The minimum atomic E-state index is -1.01. The Hall–Kier alpha value is -3.00. The first kappa shape index (κ1) is 16.4. The SMILES string of the molecule is CCOC(=O)[C@@H](C#N)C=N[C@H](c1ccccc1)c1ccncc1. The van der Waals surface area contributed by atoms with E-state index in [-0.39, 0.29) is 12.6 Å². The van der Waals surface area contributed by atoms with Crippen LogP contribution in [0.25, 0.3) is 0 Å². The Morgan fingerprint density at radius 2 is 1.91 bits per heavy atom. The number of benzene rings is 1. The summed E-state index contributed by atoms with van der Waals surface area (Å²) in [6, 6.07) is 15.0. The van der Waals surface area contributed by atoms with Gasteiger partial charge in [0.2, 0.25) is 0 Å². The number of carbonyl (C=O) groups is 1. The summed E-state index contributed by atoms with van der Waals surface area (Å²) in [7, 11) is 0. The van der Waals surface area contributed by atoms with E-state index < -0.39 is 11.9 Å².